The number of hydrogen-bond acceptors (Lipinski definition) is 6. The van der Waals surface area contributed by atoms with Crippen LogP contribution in [0.2, 0.25) is 0 Å². The lowest BCUT2D eigenvalue weighted by Crippen LogP contribution is -2.22. The second kappa shape index (κ2) is 5.63. The Labute approximate surface area is 130 Å². The van der Waals surface area contributed by atoms with E-state index in [2.05, 4.69) is 29.1 Å². The highest BCUT2D eigenvalue weighted by atomic mass is 15.2. The largest absolute Gasteiger partial charge is 0.383 e. The van der Waals surface area contributed by atoms with Gasteiger partial charge in [-0.05, 0) is 32.0 Å². The van der Waals surface area contributed by atoms with Gasteiger partial charge in [-0.15, -0.1) is 0 Å². The number of hydrogen-bond donors (Lipinski definition) is 2. The molecule has 3 rings (SSSR count). The second-order valence-electron chi connectivity index (χ2n) is 5.75. The monoisotopic (exact) mass is 296 g/mol. The molecule has 6 heteroatoms. The maximum absolute atomic E-state index is 5.98. The molecule has 0 unspecified atom stereocenters. The molecule has 0 aromatic carbocycles. The first-order valence-corrected chi connectivity index (χ1v) is 7.30. The highest BCUT2D eigenvalue weighted by Crippen LogP contribution is 2.34. The van der Waals surface area contributed by atoms with E-state index in [1.165, 1.54) is 0 Å². The summed E-state index contributed by atoms with van der Waals surface area (Å²) in [5.74, 6) is 1.33. The number of fused-ring (bicyclic) bond motifs is 1. The molecule has 2 aromatic rings. The Morgan fingerprint density at radius 3 is 2.91 bits per heavy atom. The zero-order valence-corrected chi connectivity index (χ0v) is 13.0. The molecule has 3 heterocycles. The summed E-state index contributed by atoms with van der Waals surface area (Å²) >= 11 is 0. The summed E-state index contributed by atoms with van der Waals surface area (Å²) in [6.07, 6.45) is 3.51. The molecule has 0 fully saturated rings. The molecule has 22 heavy (non-hydrogen) atoms. The van der Waals surface area contributed by atoms with E-state index >= 15 is 0 Å². The number of pyridine rings is 2. The predicted octanol–water partition coefficient (Wildman–Crippen LogP) is 2.65. The maximum Gasteiger partial charge on any atom is 0.134 e. The van der Waals surface area contributed by atoms with Crippen LogP contribution in [0.5, 0.6) is 0 Å². The Kier molecular flexibility index (Phi) is 3.66. The van der Waals surface area contributed by atoms with Crippen molar-refractivity contribution in [1.29, 1.82) is 0 Å². The number of aromatic nitrogens is 2. The van der Waals surface area contributed by atoms with Crippen LogP contribution in [-0.4, -0.2) is 34.3 Å². The number of nitrogens with one attached hydrogen (secondary N) is 1. The Morgan fingerprint density at radius 1 is 1.36 bits per heavy atom. The zero-order valence-electron chi connectivity index (χ0n) is 13.0. The first kappa shape index (κ1) is 14.3. The molecule has 0 spiro atoms. The minimum atomic E-state index is 0.286. The third kappa shape index (κ3) is 2.72. The summed E-state index contributed by atoms with van der Waals surface area (Å²) in [7, 11) is 2.00. The normalized spacial score (nSPS) is 13.4. The van der Waals surface area contributed by atoms with Gasteiger partial charge in [-0.25, -0.2) is 15.0 Å². The number of aliphatic imine (C=N–C) groups is 1. The van der Waals surface area contributed by atoms with Gasteiger partial charge in [0.05, 0.1) is 17.7 Å². The van der Waals surface area contributed by atoms with Gasteiger partial charge in [0.2, 0.25) is 0 Å². The van der Waals surface area contributed by atoms with Gasteiger partial charge in [-0.2, -0.15) is 0 Å². The van der Waals surface area contributed by atoms with Crippen molar-refractivity contribution < 1.29 is 0 Å². The molecular weight excluding hydrogens is 276 g/mol. The number of nitrogens with zero attached hydrogens (tertiary/aromatic N) is 4. The van der Waals surface area contributed by atoms with E-state index < -0.39 is 0 Å². The molecule has 0 saturated carbocycles. The fourth-order valence-corrected chi connectivity index (χ4v) is 2.45. The van der Waals surface area contributed by atoms with E-state index in [9.17, 15) is 0 Å². The number of nitrogen functional groups attached to an aromatic ring is 1. The van der Waals surface area contributed by atoms with Crippen molar-refractivity contribution in [2.75, 3.05) is 18.1 Å². The Bertz CT molecular complexity index is 723. The molecule has 0 saturated heterocycles. The molecule has 2 aromatic heterocycles. The lowest BCUT2D eigenvalue weighted by molar-refractivity contribution is 0.508. The Hall–Kier alpha value is -2.63. The lowest BCUT2D eigenvalue weighted by atomic mass is 10.1. The predicted molar refractivity (Wildman–Crippen MR) is 90.3 cm³/mol. The molecule has 0 aliphatic carbocycles. The number of rotatable bonds is 3. The minimum Gasteiger partial charge on any atom is -0.383 e. The summed E-state index contributed by atoms with van der Waals surface area (Å²) in [6, 6.07) is 6.04. The first-order valence-electron chi connectivity index (χ1n) is 7.30. The van der Waals surface area contributed by atoms with Crippen LogP contribution < -0.4 is 11.1 Å². The van der Waals surface area contributed by atoms with Crippen molar-refractivity contribution in [3.8, 4) is 11.3 Å². The summed E-state index contributed by atoms with van der Waals surface area (Å²) in [5.41, 5.74) is 9.62. The molecule has 1 aliphatic heterocycles. The van der Waals surface area contributed by atoms with Crippen LogP contribution >= 0.6 is 0 Å². The average molecular weight is 296 g/mol. The van der Waals surface area contributed by atoms with Gasteiger partial charge >= 0.3 is 0 Å². The zero-order chi connectivity index (χ0) is 15.7. The Morgan fingerprint density at radius 2 is 2.18 bits per heavy atom. The third-order valence-corrected chi connectivity index (χ3v) is 3.44. The summed E-state index contributed by atoms with van der Waals surface area (Å²) < 4.78 is 0. The van der Waals surface area contributed by atoms with Crippen LogP contribution in [0.3, 0.4) is 0 Å². The van der Waals surface area contributed by atoms with Gasteiger partial charge in [-0.3, -0.25) is 0 Å². The molecular formula is C16H20N6. The molecule has 3 N–H and O–H groups in total. The van der Waals surface area contributed by atoms with Crippen molar-refractivity contribution in [3.63, 3.8) is 0 Å². The van der Waals surface area contributed by atoms with Crippen LogP contribution in [0.15, 0.2) is 29.4 Å². The highest BCUT2D eigenvalue weighted by Gasteiger charge is 2.18. The van der Waals surface area contributed by atoms with E-state index in [0.717, 1.165) is 34.9 Å². The Balaban J connectivity index is 2.15. The second-order valence-corrected chi connectivity index (χ2v) is 5.75. The molecule has 114 valence electrons. The number of nitrogens with two attached hydrogens (primary N) is 1. The fourth-order valence-electron chi connectivity index (χ4n) is 2.45. The minimum absolute atomic E-state index is 0.286. The van der Waals surface area contributed by atoms with Crippen molar-refractivity contribution in [1.82, 2.24) is 14.9 Å². The molecule has 0 bridgehead atoms. The average Bonchev–Trinajstić information content (AvgIpc) is 2.47. The van der Waals surface area contributed by atoms with Crippen LogP contribution in [0, 0.1) is 0 Å². The van der Waals surface area contributed by atoms with Gasteiger partial charge in [-0.1, -0.05) is 0 Å². The van der Waals surface area contributed by atoms with E-state index in [0.29, 0.717) is 5.82 Å². The van der Waals surface area contributed by atoms with E-state index in [1.807, 2.05) is 36.5 Å². The molecule has 0 amide bonds. The van der Waals surface area contributed by atoms with Crippen LogP contribution in [0.4, 0.5) is 17.3 Å². The first-order chi connectivity index (χ1) is 10.5. The van der Waals surface area contributed by atoms with Crippen LogP contribution in [-0.2, 0) is 6.54 Å². The van der Waals surface area contributed by atoms with Crippen LogP contribution in [0.25, 0.3) is 11.3 Å². The van der Waals surface area contributed by atoms with Gasteiger partial charge in [0.15, 0.2) is 0 Å². The van der Waals surface area contributed by atoms with Crippen LogP contribution in [0.1, 0.15) is 19.4 Å². The summed E-state index contributed by atoms with van der Waals surface area (Å²) in [6.45, 7) is 4.97. The molecule has 6 nitrogen and oxygen atoms in total. The van der Waals surface area contributed by atoms with Gasteiger partial charge in [0.25, 0.3) is 0 Å². The maximum atomic E-state index is 5.98. The topological polar surface area (TPSA) is 79.4 Å². The van der Waals surface area contributed by atoms with E-state index in [4.69, 9.17) is 10.7 Å². The number of anilines is 2. The van der Waals surface area contributed by atoms with Crippen molar-refractivity contribution >= 4 is 23.7 Å². The SMILES string of the molecule is CC(C)Nc1nc(-c2cccnc2N)cc2c1CN(C)C=N2. The van der Waals surface area contributed by atoms with Crippen molar-refractivity contribution in [2.24, 2.45) is 4.99 Å². The van der Waals surface area contributed by atoms with Gasteiger partial charge in [0, 0.05) is 37.0 Å². The lowest BCUT2D eigenvalue weighted by Gasteiger charge is -2.24. The van der Waals surface area contributed by atoms with Crippen molar-refractivity contribution in [3.05, 3.63) is 30.0 Å². The summed E-state index contributed by atoms with van der Waals surface area (Å²) in [4.78, 5) is 15.5. The van der Waals surface area contributed by atoms with E-state index in [1.54, 1.807) is 6.20 Å². The van der Waals surface area contributed by atoms with E-state index in [-0.39, 0.29) is 6.04 Å². The molecule has 0 atom stereocenters. The highest BCUT2D eigenvalue weighted by molar-refractivity contribution is 5.79. The smallest absolute Gasteiger partial charge is 0.134 e. The van der Waals surface area contributed by atoms with Gasteiger partial charge < -0.3 is 16.0 Å². The quantitative estimate of drug-likeness (QED) is 0.910. The third-order valence-electron chi connectivity index (χ3n) is 3.44. The fraction of sp³-hybridized carbons (Fsp3) is 0.312. The molecule has 1 aliphatic rings. The van der Waals surface area contributed by atoms with Crippen molar-refractivity contribution in [2.45, 2.75) is 26.4 Å². The molecule has 0 radical (unpaired) electrons. The standard InChI is InChI=1S/C16H20N6/c1-10(2)20-16-12-8-22(3)9-19-13(12)7-14(21-16)11-5-4-6-18-15(11)17/h4-7,9-10H,8H2,1-3H3,(H2,17,18)(H,20,21). The summed E-state index contributed by atoms with van der Waals surface area (Å²) in [5, 5.41) is 3.41. The van der Waals surface area contributed by atoms with Gasteiger partial charge in [0.1, 0.15) is 11.6 Å².